The second-order valence-corrected chi connectivity index (χ2v) is 7.25. The molecule has 0 N–H and O–H groups in total. The first-order chi connectivity index (χ1) is 10.6. The SMILES string of the molecule is COC(=O)[C@@H]1C[C@@H](C(C)=O)[C@H](OS(C)(=O)=O)[C@H]2[C@@H](OC)C(=O)N21. The number of Topliss-reactive ketones (excluding diaryl/α,β-unsaturated/α-hetero) is 1. The van der Waals surface area contributed by atoms with E-state index in [1.54, 1.807) is 0 Å². The van der Waals surface area contributed by atoms with Gasteiger partial charge in [0.1, 0.15) is 17.9 Å². The predicted octanol–water partition coefficient (Wildman–Crippen LogP) is -1.29. The maximum Gasteiger partial charge on any atom is 0.328 e. The Morgan fingerprint density at radius 2 is 1.87 bits per heavy atom. The number of ketones is 1. The summed E-state index contributed by atoms with van der Waals surface area (Å²) in [5.41, 5.74) is 0. The zero-order chi connectivity index (χ0) is 17.5. The summed E-state index contributed by atoms with van der Waals surface area (Å²) >= 11 is 0. The van der Waals surface area contributed by atoms with Gasteiger partial charge in [-0.1, -0.05) is 0 Å². The molecule has 0 radical (unpaired) electrons. The van der Waals surface area contributed by atoms with Crippen molar-refractivity contribution in [2.24, 2.45) is 5.92 Å². The molecule has 130 valence electrons. The minimum atomic E-state index is -3.87. The topological polar surface area (TPSA) is 116 Å². The third-order valence-electron chi connectivity index (χ3n) is 4.21. The molecule has 0 aromatic rings. The third-order valence-corrected chi connectivity index (χ3v) is 4.78. The van der Waals surface area contributed by atoms with Gasteiger partial charge in [-0.3, -0.25) is 13.8 Å². The van der Waals surface area contributed by atoms with Gasteiger partial charge in [0, 0.05) is 13.0 Å². The molecule has 0 unspecified atom stereocenters. The van der Waals surface area contributed by atoms with Gasteiger partial charge >= 0.3 is 5.97 Å². The maximum atomic E-state index is 12.1. The number of β-lactam (4-membered cyclic amide) rings is 1. The fourth-order valence-corrected chi connectivity index (χ4v) is 3.88. The molecule has 2 fully saturated rings. The summed E-state index contributed by atoms with van der Waals surface area (Å²) < 4.78 is 37.9. The number of carbonyl (C=O) groups excluding carboxylic acids is 3. The number of hydrogen-bond donors (Lipinski definition) is 0. The molecule has 2 heterocycles. The van der Waals surface area contributed by atoms with Crippen molar-refractivity contribution in [1.82, 2.24) is 4.90 Å². The van der Waals surface area contributed by atoms with Crippen LogP contribution in [0.2, 0.25) is 0 Å². The van der Waals surface area contributed by atoms with Gasteiger partial charge in [0.25, 0.3) is 16.0 Å². The monoisotopic (exact) mass is 349 g/mol. The van der Waals surface area contributed by atoms with Crippen LogP contribution in [-0.2, 0) is 38.2 Å². The van der Waals surface area contributed by atoms with Gasteiger partial charge in [-0.05, 0) is 13.3 Å². The molecule has 23 heavy (non-hydrogen) atoms. The average Bonchev–Trinajstić information content (AvgIpc) is 2.44. The van der Waals surface area contributed by atoms with Crippen LogP contribution < -0.4 is 0 Å². The molecule has 0 aromatic heterocycles. The Bertz CT molecular complexity index is 630. The standard InChI is InChI=1S/C13H19NO8S/c1-6(15)7-5-8(13(17)21-3)14-9(11(20-2)12(14)16)10(7)22-23(4,18)19/h7-11H,5H2,1-4H3/t7-,8-,9-,10-,11+/m0/s1. The van der Waals surface area contributed by atoms with Crippen LogP contribution in [0.3, 0.4) is 0 Å². The molecule has 2 rings (SSSR count). The fourth-order valence-electron chi connectivity index (χ4n) is 3.23. The number of carbonyl (C=O) groups is 3. The first-order valence-corrected chi connectivity index (χ1v) is 8.75. The lowest BCUT2D eigenvalue weighted by Crippen LogP contribution is -2.77. The van der Waals surface area contributed by atoms with E-state index < -0.39 is 52.2 Å². The molecule has 9 nitrogen and oxygen atoms in total. The summed E-state index contributed by atoms with van der Waals surface area (Å²) in [5, 5.41) is 0. The van der Waals surface area contributed by atoms with E-state index in [1.165, 1.54) is 26.0 Å². The van der Waals surface area contributed by atoms with Gasteiger partial charge in [-0.2, -0.15) is 8.42 Å². The van der Waals surface area contributed by atoms with E-state index in [-0.39, 0.29) is 12.2 Å². The number of piperidine rings is 1. The van der Waals surface area contributed by atoms with E-state index >= 15 is 0 Å². The highest BCUT2D eigenvalue weighted by Gasteiger charge is 2.62. The first-order valence-electron chi connectivity index (χ1n) is 6.94. The van der Waals surface area contributed by atoms with E-state index in [0.717, 1.165) is 6.26 Å². The second kappa shape index (κ2) is 6.17. The maximum absolute atomic E-state index is 12.1. The average molecular weight is 349 g/mol. The van der Waals surface area contributed by atoms with Crippen LogP contribution in [-0.4, -0.2) is 75.7 Å². The predicted molar refractivity (Wildman–Crippen MR) is 75.7 cm³/mol. The quantitative estimate of drug-likeness (QED) is 0.342. The minimum Gasteiger partial charge on any atom is -0.467 e. The van der Waals surface area contributed by atoms with Crippen molar-refractivity contribution in [3.63, 3.8) is 0 Å². The van der Waals surface area contributed by atoms with Crippen LogP contribution in [0.4, 0.5) is 0 Å². The Labute approximate surface area is 134 Å². The molecule has 2 aliphatic rings. The fraction of sp³-hybridized carbons (Fsp3) is 0.769. The Balaban J connectivity index is 2.43. The Hall–Kier alpha value is -1.52. The Kier molecular flexibility index (Phi) is 4.79. The molecule has 2 saturated heterocycles. The van der Waals surface area contributed by atoms with Crippen LogP contribution in [0.15, 0.2) is 0 Å². The van der Waals surface area contributed by atoms with Crippen molar-refractivity contribution in [3.05, 3.63) is 0 Å². The summed E-state index contributed by atoms with van der Waals surface area (Å²) in [6.45, 7) is 1.29. The van der Waals surface area contributed by atoms with Crippen molar-refractivity contribution in [2.75, 3.05) is 20.5 Å². The highest BCUT2D eigenvalue weighted by molar-refractivity contribution is 7.86. The van der Waals surface area contributed by atoms with Gasteiger partial charge in [0.05, 0.1) is 19.4 Å². The largest absolute Gasteiger partial charge is 0.467 e. The van der Waals surface area contributed by atoms with Crippen LogP contribution in [0.1, 0.15) is 13.3 Å². The van der Waals surface area contributed by atoms with Crippen LogP contribution in [0, 0.1) is 5.92 Å². The van der Waals surface area contributed by atoms with Crippen LogP contribution >= 0.6 is 0 Å². The zero-order valence-corrected chi connectivity index (χ0v) is 14.0. The number of ether oxygens (including phenoxy) is 2. The van der Waals surface area contributed by atoms with Crippen molar-refractivity contribution in [1.29, 1.82) is 0 Å². The summed E-state index contributed by atoms with van der Waals surface area (Å²) in [5.74, 6) is -2.32. The smallest absolute Gasteiger partial charge is 0.328 e. The number of methoxy groups -OCH3 is 2. The zero-order valence-electron chi connectivity index (χ0n) is 13.2. The number of fused-ring (bicyclic) bond motifs is 1. The van der Waals surface area contributed by atoms with E-state index in [4.69, 9.17) is 8.92 Å². The minimum absolute atomic E-state index is 0.0547. The molecule has 5 atom stereocenters. The number of rotatable bonds is 5. The molecular weight excluding hydrogens is 330 g/mol. The normalized spacial score (nSPS) is 33.7. The molecule has 0 bridgehead atoms. The van der Waals surface area contributed by atoms with Crippen molar-refractivity contribution in [2.45, 2.75) is 37.6 Å². The lowest BCUT2D eigenvalue weighted by atomic mass is 9.74. The summed E-state index contributed by atoms with van der Waals surface area (Å²) in [7, 11) is -1.40. The summed E-state index contributed by atoms with van der Waals surface area (Å²) in [6, 6.07) is -1.80. The van der Waals surface area contributed by atoms with Gasteiger partial charge in [0.2, 0.25) is 0 Å². The van der Waals surface area contributed by atoms with Gasteiger partial charge in [-0.15, -0.1) is 0 Å². The van der Waals surface area contributed by atoms with Crippen molar-refractivity contribution in [3.8, 4) is 0 Å². The molecule has 0 aromatic carbocycles. The summed E-state index contributed by atoms with van der Waals surface area (Å²) in [6.07, 6.45) is -1.24. The number of hydrogen-bond acceptors (Lipinski definition) is 8. The number of esters is 1. The second-order valence-electron chi connectivity index (χ2n) is 5.65. The lowest BCUT2D eigenvalue weighted by Gasteiger charge is -2.56. The van der Waals surface area contributed by atoms with E-state index in [0.29, 0.717) is 0 Å². The van der Waals surface area contributed by atoms with Gasteiger partial charge in [0.15, 0.2) is 6.10 Å². The van der Waals surface area contributed by atoms with E-state index in [2.05, 4.69) is 4.74 Å². The Morgan fingerprint density at radius 3 is 2.30 bits per heavy atom. The van der Waals surface area contributed by atoms with Crippen molar-refractivity contribution >= 4 is 27.8 Å². The van der Waals surface area contributed by atoms with Gasteiger partial charge in [-0.25, -0.2) is 4.79 Å². The van der Waals surface area contributed by atoms with Crippen LogP contribution in [0.25, 0.3) is 0 Å². The molecule has 0 aliphatic carbocycles. The molecule has 0 spiro atoms. The highest BCUT2D eigenvalue weighted by atomic mass is 32.2. The number of nitrogens with zero attached hydrogens (tertiary/aromatic N) is 1. The summed E-state index contributed by atoms with van der Waals surface area (Å²) in [4.78, 5) is 37.2. The molecular formula is C13H19NO8S. The third kappa shape index (κ3) is 3.10. The van der Waals surface area contributed by atoms with Crippen LogP contribution in [0.5, 0.6) is 0 Å². The molecule has 1 amide bonds. The van der Waals surface area contributed by atoms with E-state index in [9.17, 15) is 22.8 Å². The highest BCUT2D eigenvalue weighted by Crippen LogP contribution is 2.41. The molecule has 2 aliphatic heterocycles. The lowest BCUT2D eigenvalue weighted by molar-refractivity contribution is -0.204. The van der Waals surface area contributed by atoms with Gasteiger partial charge < -0.3 is 14.4 Å². The first kappa shape index (κ1) is 17.8. The number of amides is 1. The van der Waals surface area contributed by atoms with Crippen molar-refractivity contribution < 1.29 is 36.5 Å². The molecule has 0 saturated carbocycles. The van der Waals surface area contributed by atoms with E-state index in [1.807, 2.05) is 0 Å². The Morgan fingerprint density at radius 1 is 1.26 bits per heavy atom. The molecule has 10 heteroatoms.